The van der Waals surface area contributed by atoms with Crippen LogP contribution in [0.25, 0.3) is 0 Å². The molecule has 0 radical (unpaired) electrons. The van der Waals surface area contributed by atoms with Crippen molar-refractivity contribution in [2.75, 3.05) is 4.72 Å². The molecule has 1 aromatic carbocycles. The van der Waals surface area contributed by atoms with Gasteiger partial charge in [0.1, 0.15) is 6.29 Å². The fourth-order valence-electron chi connectivity index (χ4n) is 1.17. The summed E-state index contributed by atoms with van der Waals surface area (Å²) in [6.45, 7) is 3.45. The molecule has 0 heterocycles. The summed E-state index contributed by atoms with van der Waals surface area (Å²) in [4.78, 5) is 10.5. The molecule has 0 bridgehead atoms. The third-order valence-electron chi connectivity index (χ3n) is 1.67. The van der Waals surface area contributed by atoms with Crippen molar-refractivity contribution in [3.8, 4) is 0 Å². The molecule has 0 saturated heterocycles. The predicted octanol–water partition coefficient (Wildman–Crippen LogP) is 1.15. The van der Waals surface area contributed by atoms with E-state index in [-0.39, 0.29) is 6.04 Å². The molecule has 2 N–H and O–H groups in total. The van der Waals surface area contributed by atoms with Crippen molar-refractivity contribution in [3.63, 3.8) is 0 Å². The van der Waals surface area contributed by atoms with Gasteiger partial charge in [-0.2, -0.15) is 13.1 Å². The minimum Gasteiger partial charge on any atom is -0.298 e. The van der Waals surface area contributed by atoms with E-state index in [9.17, 15) is 13.2 Å². The van der Waals surface area contributed by atoms with Gasteiger partial charge in [-0.15, -0.1) is 0 Å². The van der Waals surface area contributed by atoms with Gasteiger partial charge in [0.2, 0.25) is 0 Å². The van der Waals surface area contributed by atoms with Gasteiger partial charge in [0.15, 0.2) is 0 Å². The van der Waals surface area contributed by atoms with E-state index in [1.54, 1.807) is 32.0 Å². The zero-order chi connectivity index (χ0) is 12.2. The number of carbonyl (C=O) groups is 1. The van der Waals surface area contributed by atoms with E-state index in [4.69, 9.17) is 0 Å². The van der Waals surface area contributed by atoms with E-state index >= 15 is 0 Å². The number of carbonyl (C=O) groups excluding carboxylic acids is 1. The van der Waals surface area contributed by atoms with Crippen molar-refractivity contribution < 1.29 is 13.2 Å². The molecule has 0 fully saturated rings. The molecule has 0 amide bonds. The minimum atomic E-state index is -3.57. The van der Waals surface area contributed by atoms with Crippen molar-refractivity contribution in [2.24, 2.45) is 0 Å². The van der Waals surface area contributed by atoms with Gasteiger partial charge in [-0.1, -0.05) is 12.1 Å². The summed E-state index contributed by atoms with van der Waals surface area (Å²) in [6.07, 6.45) is 0.660. The summed E-state index contributed by atoms with van der Waals surface area (Å²) in [7, 11) is -3.57. The molecule has 16 heavy (non-hydrogen) atoms. The zero-order valence-electron chi connectivity index (χ0n) is 9.10. The monoisotopic (exact) mass is 242 g/mol. The van der Waals surface area contributed by atoms with Crippen molar-refractivity contribution in [1.29, 1.82) is 0 Å². The number of anilines is 1. The van der Waals surface area contributed by atoms with Crippen LogP contribution in [0.2, 0.25) is 0 Å². The highest BCUT2D eigenvalue weighted by Crippen LogP contribution is 2.10. The van der Waals surface area contributed by atoms with E-state index < -0.39 is 10.2 Å². The molecule has 0 aliphatic heterocycles. The first-order valence-corrected chi connectivity index (χ1v) is 6.26. The maximum Gasteiger partial charge on any atom is 0.299 e. The average Bonchev–Trinajstić information content (AvgIpc) is 2.15. The van der Waals surface area contributed by atoms with Crippen LogP contribution < -0.4 is 9.44 Å². The van der Waals surface area contributed by atoms with Gasteiger partial charge < -0.3 is 0 Å². The molecular formula is C10H14N2O3S. The van der Waals surface area contributed by atoms with E-state index in [0.29, 0.717) is 17.5 Å². The maximum atomic E-state index is 11.5. The van der Waals surface area contributed by atoms with E-state index in [2.05, 4.69) is 9.44 Å². The molecule has 0 saturated carbocycles. The topological polar surface area (TPSA) is 75.3 Å². The molecule has 0 aliphatic carbocycles. The lowest BCUT2D eigenvalue weighted by Gasteiger charge is -2.11. The normalized spacial score (nSPS) is 11.4. The zero-order valence-corrected chi connectivity index (χ0v) is 9.91. The second-order valence-corrected chi connectivity index (χ2v) is 5.07. The van der Waals surface area contributed by atoms with Gasteiger partial charge in [0.25, 0.3) is 10.2 Å². The molecule has 5 nitrogen and oxygen atoms in total. The lowest BCUT2D eigenvalue weighted by molar-refractivity contribution is 0.112. The Morgan fingerprint density at radius 2 is 2.00 bits per heavy atom. The number of benzene rings is 1. The minimum absolute atomic E-state index is 0.188. The lowest BCUT2D eigenvalue weighted by Crippen LogP contribution is -2.35. The van der Waals surface area contributed by atoms with Crippen LogP contribution in [0.5, 0.6) is 0 Å². The number of aldehydes is 1. The Balaban J connectivity index is 2.83. The van der Waals surface area contributed by atoms with E-state index in [1.807, 2.05) is 0 Å². The van der Waals surface area contributed by atoms with E-state index in [0.717, 1.165) is 0 Å². The first-order valence-electron chi connectivity index (χ1n) is 4.78. The van der Waals surface area contributed by atoms with Crippen molar-refractivity contribution in [2.45, 2.75) is 19.9 Å². The Bertz CT molecular complexity index is 469. The van der Waals surface area contributed by atoms with Gasteiger partial charge in [0, 0.05) is 11.6 Å². The molecule has 0 aliphatic rings. The summed E-state index contributed by atoms with van der Waals surface area (Å²) in [5, 5.41) is 0. The first kappa shape index (κ1) is 12.7. The molecule has 1 aromatic rings. The summed E-state index contributed by atoms with van der Waals surface area (Å²) in [6, 6.07) is 6.06. The van der Waals surface area contributed by atoms with Gasteiger partial charge in [-0.3, -0.25) is 9.52 Å². The second-order valence-electron chi connectivity index (χ2n) is 3.62. The van der Waals surface area contributed by atoms with Crippen LogP contribution in [-0.4, -0.2) is 20.7 Å². The van der Waals surface area contributed by atoms with Crippen molar-refractivity contribution in [1.82, 2.24) is 4.72 Å². The fourth-order valence-corrected chi connectivity index (χ4v) is 2.29. The highest BCUT2D eigenvalue weighted by molar-refractivity contribution is 7.90. The number of nitrogens with one attached hydrogen (secondary N) is 2. The van der Waals surface area contributed by atoms with Crippen molar-refractivity contribution in [3.05, 3.63) is 29.8 Å². The first-order chi connectivity index (χ1) is 7.43. The van der Waals surface area contributed by atoms with Crippen LogP contribution in [0.3, 0.4) is 0 Å². The van der Waals surface area contributed by atoms with Crippen LogP contribution >= 0.6 is 0 Å². The van der Waals surface area contributed by atoms with Crippen LogP contribution in [0.15, 0.2) is 24.3 Å². The van der Waals surface area contributed by atoms with Gasteiger partial charge >= 0.3 is 0 Å². The van der Waals surface area contributed by atoms with Crippen LogP contribution in [-0.2, 0) is 10.2 Å². The number of rotatable bonds is 5. The highest BCUT2D eigenvalue weighted by atomic mass is 32.2. The third-order valence-corrected chi connectivity index (χ3v) is 2.95. The maximum absolute atomic E-state index is 11.5. The predicted molar refractivity (Wildman–Crippen MR) is 62.6 cm³/mol. The average molecular weight is 242 g/mol. The number of hydrogen-bond acceptors (Lipinski definition) is 3. The summed E-state index contributed by atoms with van der Waals surface area (Å²) < 4.78 is 27.7. The lowest BCUT2D eigenvalue weighted by atomic mass is 10.2. The Labute approximate surface area is 95.0 Å². The summed E-state index contributed by atoms with van der Waals surface area (Å²) in [5.41, 5.74) is 0.780. The van der Waals surface area contributed by atoms with Crippen LogP contribution in [0.1, 0.15) is 24.2 Å². The van der Waals surface area contributed by atoms with Crippen LogP contribution in [0, 0.1) is 0 Å². The fraction of sp³-hybridized carbons (Fsp3) is 0.300. The largest absolute Gasteiger partial charge is 0.299 e. The van der Waals surface area contributed by atoms with Gasteiger partial charge in [-0.05, 0) is 26.0 Å². The molecule has 0 atom stereocenters. The quantitative estimate of drug-likeness (QED) is 0.761. The van der Waals surface area contributed by atoms with E-state index in [1.165, 1.54) is 6.07 Å². The third kappa shape index (κ3) is 4.00. The van der Waals surface area contributed by atoms with Gasteiger partial charge in [0.05, 0.1) is 5.69 Å². The number of hydrogen-bond donors (Lipinski definition) is 2. The van der Waals surface area contributed by atoms with Crippen molar-refractivity contribution >= 4 is 22.2 Å². The molecule has 0 aromatic heterocycles. The standard InChI is InChI=1S/C10H14N2O3S/c1-8(2)11-16(14,15)12-10-5-3-4-9(6-10)7-13/h3-8,11-12H,1-2H3. The molecule has 0 spiro atoms. The molecule has 1 rings (SSSR count). The van der Waals surface area contributed by atoms with Crippen LogP contribution in [0.4, 0.5) is 5.69 Å². The Hall–Kier alpha value is -1.40. The Kier molecular flexibility index (Phi) is 4.03. The highest BCUT2D eigenvalue weighted by Gasteiger charge is 2.11. The summed E-state index contributed by atoms with van der Waals surface area (Å²) in [5.74, 6) is 0. The molecule has 0 unspecified atom stereocenters. The van der Waals surface area contributed by atoms with Gasteiger partial charge in [-0.25, -0.2) is 0 Å². The molecule has 6 heteroatoms. The second kappa shape index (κ2) is 5.09. The SMILES string of the molecule is CC(C)NS(=O)(=O)Nc1cccc(C=O)c1. The Morgan fingerprint density at radius 1 is 1.31 bits per heavy atom. The summed E-state index contributed by atoms with van der Waals surface area (Å²) >= 11 is 0. The molecular weight excluding hydrogens is 228 g/mol. The smallest absolute Gasteiger partial charge is 0.298 e. The molecule has 88 valence electrons. The Morgan fingerprint density at radius 3 is 2.56 bits per heavy atom.